The molecule has 0 fully saturated rings. The molecule has 0 aliphatic rings. The number of thiophene rings is 1. The van der Waals surface area contributed by atoms with Gasteiger partial charge in [-0.3, -0.25) is 0 Å². The van der Waals surface area contributed by atoms with Gasteiger partial charge >= 0.3 is 0 Å². The minimum atomic E-state index is 0.713. The van der Waals surface area contributed by atoms with Crippen LogP contribution in [0.25, 0.3) is 6.08 Å². The molecule has 0 atom stereocenters. The minimum absolute atomic E-state index is 0.713. The maximum atomic E-state index is 5.36. The van der Waals surface area contributed by atoms with E-state index in [-0.39, 0.29) is 0 Å². The van der Waals surface area contributed by atoms with Gasteiger partial charge in [-0.15, -0.1) is 11.3 Å². The third kappa shape index (κ3) is 3.01. The summed E-state index contributed by atoms with van der Waals surface area (Å²) in [6.07, 6.45) is 5.12. The van der Waals surface area contributed by atoms with Gasteiger partial charge in [0, 0.05) is 9.35 Å². The predicted molar refractivity (Wildman–Crippen MR) is 62.4 cm³/mol. The lowest BCUT2D eigenvalue weighted by atomic mass is 10.3. The van der Waals surface area contributed by atoms with Crippen LogP contribution < -0.4 is 5.73 Å². The Kier molecular flexibility index (Phi) is 4.50. The van der Waals surface area contributed by atoms with E-state index >= 15 is 0 Å². The molecule has 1 nitrogen and oxygen atoms in total. The Morgan fingerprint density at radius 3 is 2.75 bits per heavy atom. The van der Waals surface area contributed by atoms with E-state index < -0.39 is 0 Å². The zero-order chi connectivity index (χ0) is 8.97. The summed E-state index contributed by atoms with van der Waals surface area (Å²) in [7, 11) is 0. The fraction of sp³-hybridized carbons (Fsp3) is 0.250. The Labute approximate surface area is 92.9 Å². The van der Waals surface area contributed by atoms with Crippen LogP contribution in [0.4, 0.5) is 0 Å². The van der Waals surface area contributed by atoms with Crippen molar-refractivity contribution in [3.63, 3.8) is 0 Å². The highest BCUT2D eigenvalue weighted by molar-refractivity contribution is 9.13. The Hall–Kier alpha value is 0.360. The smallest absolute Gasteiger partial charge is 0.0846 e. The molecule has 1 heterocycles. The second-order valence-electron chi connectivity index (χ2n) is 2.25. The highest BCUT2D eigenvalue weighted by atomic mass is 79.9. The summed E-state index contributed by atoms with van der Waals surface area (Å²) in [5.74, 6) is 0. The van der Waals surface area contributed by atoms with Crippen molar-refractivity contribution in [1.82, 2.24) is 0 Å². The summed E-state index contributed by atoms with van der Waals surface area (Å²) in [5.41, 5.74) is 5.36. The van der Waals surface area contributed by atoms with Crippen molar-refractivity contribution in [3.8, 4) is 0 Å². The molecule has 0 aromatic carbocycles. The van der Waals surface area contributed by atoms with E-state index in [1.54, 1.807) is 11.3 Å². The molecule has 1 aromatic heterocycles. The lowest BCUT2D eigenvalue weighted by Crippen LogP contribution is -1.94. The van der Waals surface area contributed by atoms with Crippen molar-refractivity contribution in [2.24, 2.45) is 5.73 Å². The first kappa shape index (κ1) is 10.4. The van der Waals surface area contributed by atoms with Crippen molar-refractivity contribution in [3.05, 3.63) is 25.3 Å². The maximum Gasteiger partial charge on any atom is 0.0846 e. The van der Waals surface area contributed by atoms with Gasteiger partial charge in [-0.25, -0.2) is 0 Å². The Balaban J connectivity index is 2.64. The first-order valence-electron chi connectivity index (χ1n) is 3.55. The van der Waals surface area contributed by atoms with Crippen molar-refractivity contribution in [2.75, 3.05) is 6.54 Å². The van der Waals surface area contributed by atoms with E-state index in [0.717, 1.165) is 14.7 Å². The number of nitrogens with two attached hydrogens (primary N) is 1. The summed E-state index contributed by atoms with van der Waals surface area (Å²) in [4.78, 5) is 1.24. The van der Waals surface area contributed by atoms with Gasteiger partial charge in [-0.2, -0.15) is 0 Å². The molecular formula is C8H9Br2NS. The Morgan fingerprint density at radius 2 is 2.25 bits per heavy atom. The normalized spacial score (nSPS) is 11.2. The number of hydrogen-bond acceptors (Lipinski definition) is 2. The van der Waals surface area contributed by atoms with Gasteiger partial charge in [-0.05, 0) is 57.0 Å². The number of halogens is 2. The van der Waals surface area contributed by atoms with Crippen molar-refractivity contribution < 1.29 is 0 Å². The summed E-state index contributed by atoms with van der Waals surface area (Å²) in [5, 5.41) is 0. The molecule has 12 heavy (non-hydrogen) atoms. The summed E-state index contributed by atoms with van der Waals surface area (Å²) in [6, 6.07) is 2.09. The van der Waals surface area contributed by atoms with Gasteiger partial charge < -0.3 is 5.73 Å². The lowest BCUT2D eigenvalue weighted by Gasteiger charge is -1.83. The van der Waals surface area contributed by atoms with Gasteiger partial charge in [0.25, 0.3) is 0 Å². The van der Waals surface area contributed by atoms with Crippen LogP contribution in [-0.4, -0.2) is 6.54 Å². The highest BCUT2D eigenvalue weighted by Gasteiger charge is 1.99. The van der Waals surface area contributed by atoms with Gasteiger partial charge in [-0.1, -0.05) is 6.08 Å². The lowest BCUT2D eigenvalue weighted by molar-refractivity contribution is 1.01. The van der Waals surface area contributed by atoms with Crippen LogP contribution in [0, 0.1) is 0 Å². The van der Waals surface area contributed by atoms with Crippen molar-refractivity contribution in [2.45, 2.75) is 6.42 Å². The molecule has 66 valence electrons. The van der Waals surface area contributed by atoms with Crippen LogP contribution >= 0.6 is 43.2 Å². The van der Waals surface area contributed by atoms with Crippen molar-refractivity contribution >= 4 is 49.3 Å². The monoisotopic (exact) mass is 309 g/mol. The van der Waals surface area contributed by atoms with Crippen LogP contribution in [0.5, 0.6) is 0 Å². The van der Waals surface area contributed by atoms with Crippen molar-refractivity contribution in [1.29, 1.82) is 0 Å². The molecule has 0 bridgehead atoms. The van der Waals surface area contributed by atoms with Crippen LogP contribution in [0.15, 0.2) is 20.4 Å². The molecule has 2 N–H and O–H groups in total. The molecule has 4 heteroatoms. The van der Waals surface area contributed by atoms with E-state index in [4.69, 9.17) is 5.73 Å². The summed E-state index contributed by atoms with van der Waals surface area (Å²) < 4.78 is 2.25. The summed E-state index contributed by atoms with van der Waals surface area (Å²) in [6.45, 7) is 0.713. The van der Waals surface area contributed by atoms with Crippen LogP contribution in [-0.2, 0) is 0 Å². The molecule has 0 unspecified atom stereocenters. The summed E-state index contributed by atoms with van der Waals surface area (Å²) >= 11 is 8.58. The molecular weight excluding hydrogens is 302 g/mol. The molecule has 0 radical (unpaired) electrons. The standard InChI is InChI=1S/C8H9Br2NS/c9-7-5-6(12-8(7)10)3-1-2-4-11/h1,3,5H,2,4,11H2/b3-1+. The minimum Gasteiger partial charge on any atom is -0.330 e. The van der Waals surface area contributed by atoms with E-state index in [0.29, 0.717) is 6.54 Å². The topological polar surface area (TPSA) is 26.0 Å². The van der Waals surface area contributed by atoms with Gasteiger partial charge in [0.2, 0.25) is 0 Å². The van der Waals surface area contributed by atoms with Gasteiger partial charge in [0.15, 0.2) is 0 Å². The van der Waals surface area contributed by atoms with E-state index in [2.05, 4.69) is 50.1 Å². The molecule has 0 saturated heterocycles. The Bertz CT molecular complexity index is 261. The quantitative estimate of drug-likeness (QED) is 0.906. The average Bonchev–Trinajstić information content (AvgIpc) is 2.32. The predicted octanol–water partition coefficient (Wildman–Crippen LogP) is 3.64. The second kappa shape index (κ2) is 5.17. The Morgan fingerprint density at radius 1 is 1.50 bits per heavy atom. The largest absolute Gasteiger partial charge is 0.330 e. The molecule has 0 spiro atoms. The van der Waals surface area contributed by atoms with Crippen LogP contribution in [0.1, 0.15) is 11.3 Å². The maximum absolute atomic E-state index is 5.36. The van der Waals surface area contributed by atoms with Gasteiger partial charge in [0.1, 0.15) is 0 Å². The zero-order valence-corrected chi connectivity index (χ0v) is 10.4. The van der Waals surface area contributed by atoms with E-state index in [1.165, 1.54) is 4.88 Å². The van der Waals surface area contributed by atoms with Crippen LogP contribution in [0.2, 0.25) is 0 Å². The molecule has 0 aliphatic heterocycles. The molecule has 1 aromatic rings. The first-order chi connectivity index (χ1) is 5.74. The second-order valence-corrected chi connectivity index (χ2v) is 5.51. The average molecular weight is 311 g/mol. The third-order valence-electron chi connectivity index (χ3n) is 1.28. The van der Waals surface area contributed by atoms with Gasteiger partial charge in [0.05, 0.1) is 3.79 Å². The third-order valence-corrected chi connectivity index (χ3v) is 4.50. The number of rotatable bonds is 3. The number of hydrogen-bond donors (Lipinski definition) is 1. The van der Waals surface area contributed by atoms with E-state index in [9.17, 15) is 0 Å². The molecule has 0 saturated carbocycles. The molecule has 0 aliphatic carbocycles. The van der Waals surface area contributed by atoms with Crippen LogP contribution in [0.3, 0.4) is 0 Å². The van der Waals surface area contributed by atoms with E-state index in [1.807, 2.05) is 0 Å². The fourth-order valence-corrected chi connectivity index (χ4v) is 2.76. The highest BCUT2D eigenvalue weighted by Crippen LogP contribution is 2.32. The zero-order valence-electron chi connectivity index (χ0n) is 6.39. The fourth-order valence-electron chi connectivity index (χ4n) is 0.741. The first-order valence-corrected chi connectivity index (χ1v) is 5.95. The molecule has 0 amide bonds. The SMILES string of the molecule is NCC/C=C/c1cc(Br)c(Br)s1. The molecule has 1 rings (SSSR count).